The molecule has 0 amide bonds. The fourth-order valence-electron chi connectivity index (χ4n) is 4.06. The zero-order valence-electron chi connectivity index (χ0n) is 14.7. The summed E-state index contributed by atoms with van der Waals surface area (Å²) in [4.78, 5) is 8.93. The van der Waals surface area contributed by atoms with Gasteiger partial charge in [-0.3, -0.25) is 4.90 Å². The summed E-state index contributed by atoms with van der Waals surface area (Å²) in [6.07, 6.45) is 5.90. The third kappa shape index (κ3) is 3.55. The molecule has 0 radical (unpaired) electrons. The normalized spacial score (nSPS) is 24.8. The molecule has 2 fully saturated rings. The van der Waals surface area contributed by atoms with Gasteiger partial charge >= 0.3 is 0 Å². The first kappa shape index (κ1) is 16.5. The maximum atomic E-state index is 13.6. The number of hydrogen-bond donors (Lipinski definition) is 0. The number of benzene rings is 1. The molecule has 2 saturated heterocycles. The van der Waals surface area contributed by atoms with Gasteiger partial charge in [-0.1, -0.05) is 6.07 Å². The number of rotatable bonds is 3. The van der Waals surface area contributed by atoms with Crippen LogP contribution >= 0.6 is 0 Å². The summed E-state index contributed by atoms with van der Waals surface area (Å²) in [5.74, 6) is -0.181. The van der Waals surface area contributed by atoms with Crippen molar-refractivity contribution in [2.75, 3.05) is 37.7 Å². The number of nitrogens with zero attached hydrogens (tertiary/aromatic N) is 4. The van der Waals surface area contributed by atoms with Crippen molar-refractivity contribution in [3.63, 3.8) is 0 Å². The third-order valence-electron chi connectivity index (χ3n) is 5.34. The topological polar surface area (TPSA) is 33.5 Å². The van der Waals surface area contributed by atoms with Gasteiger partial charge in [0.25, 0.3) is 0 Å². The molecule has 1 aromatic carbocycles. The van der Waals surface area contributed by atoms with Crippen LogP contribution in [0.15, 0.2) is 36.8 Å². The average Bonchev–Trinajstić information content (AvgIpc) is 3.00. The average molecular weight is 344 g/mol. The Morgan fingerprint density at radius 1 is 1.28 bits per heavy atom. The van der Waals surface area contributed by atoms with Crippen molar-refractivity contribution >= 4 is 5.69 Å². The van der Waals surface area contributed by atoms with Gasteiger partial charge in [-0.25, -0.2) is 9.37 Å². The Kier molecular flexibility index (Phi) is 4.48. The Morgan fingerprint density at radius 2 is 2.20 bits per heavy atom. The van der Waals surface area contributed by atoms with E-state index in [4.69, 9.17) is 4.74 Å². The van der Waals surface area contributed by atoms with E-state index in [1.807, 2.05) is 25.6 Å². The van der Waals surface area contributed by atoms with E-state index in [0.717, 1.165) is 57.9 Å². The standard InChI is InChI=1S/C19H25FN4O/c1-22-15-21-11-18(22)12-23-8-9-25-19(13-23)6-3-7-24(14-19)17-5-2-4-16(20)10-17/h2,4-5,10-11,15H,3,6-9,12-14H2,1H3/t19-/m0/s1. The van der Waals surface area contributed by atoms with Crippen LogP contribution in [0.2, 0.25) is 0 Å². The Labute approximate surface area is 148 Å². The molecule has 0 bridgehead atoms. The van der Waals surface area contributed by atoms with E-state index in [9.17, 15) is 4.39 Å². The second kappa shape index (κ2) is 6.77. The van der Waals surface area contributed by atoms with Gasteiger partial charge in [0.1, 0.15) is 5.82 Å². The molecule has 2 aromatic rings. The van der Waals surface area contributed by atoms with Gasteiger partial charge in [0, 0.05) is 51.7 Å². The lowest BCUT2D eigenvalue weighted by molar-refractivity contribution is -0.116. The second-order valence-electron chi connectivity index (χ2n) is 7.24. The van der Waals surface area contributed by atoms with E-state index in [-0.39, 0.29) is 11.4 Å². The van der Waals surface area contributed by atoms with Crippen LogP contribution in [0.25, 0.3) is 0 Å². The molecule has 134 valence electrons. The predicted molar refractivity (Wildman–Crippen MR) is 95.0 cm³/mol. The highest BCUT2D eigenvalue weighted by molar-refractivity contribution is 5.47. The Bertz CT molecular complexity index is 730. The number of morpholine rings is 1. The van der Waals surface area contributed by atoms with E-state index >= 15 is 0 Å². The first-order chi connectivity index (χ1) is 12.1. The van der Waals surface area contributed by atoms with Crippen LogP contribution in [-0.4, -0.2) is 52.8 Å². The van der Waals surface area contributed by atoms with Crippen molar-refractivity contribution in [2.45, 2.75) is 25.0 Å². The fourth-order valence-corrected chi connectivity index (χ4v) is 4.06. The molecule has 25 heavy (non-hydrogen) atoms. The Morgan fingerprint density at radius 3 is 3.00 bits per heavy atom. The largest absolute Gasteiger partial charge is 0.370 e. The molecule has 3 heterocycles. The molecule has 5 nitrogen and oxygen atoms in total. The summed E-state index contributed by atoms with van der Waals surface area (Å²) in [6.45, 7) is 5.25. The summed E-state index contributed by atoms with van der Waals surface area (Å²) >= 11 is 0. The summed E-state index contributed by atoms with van der Waals surface area (Å²) in [5.41, 5.74) is 2.00. The predicted octanol–water partition coefficient (Wildman–Crippen LogP) is 2.43. The minimum Gasteiger partial charge on any atom is -0.370 e. The smallest absolute Gasteiger partial charge is 0.125 e. The maximum absolute atomic E-state index is 13.6. The van der Waals surface area contributed by atoms with Gasteiger partial charge in [0.05, 0.1) is 24.2 Å². The molecular weight excluding hydrogens is 319 g/mol. The van der Waals surface area contributed by atoms with E-state index < -0.39 is 0 Å². The van der Waals surface area contributed by atoms with Crippen LogP contribution in [0.3, 0.4) is 0 Å². The number of hydrogen-bond acceptors (Lipinski definition) is 4. The van der Waals surface area contributed by atoms with Gasteiger partial charge < -0.3 is 14.2 Å². The maximum Gasteiger partial charge on any atom is 0.125 e. The van der Waals surface area contributed by atoms with Crippen molar-refractivity contribution < 1.29 is 9.13 Å². The lowest BCUT2D eigenvalue weighted by Gasteiger charge is -2.48. The van der Waals surface area contributed by atoms with Crippen molar-refractivity contribution in [1.29, 1.82) is 0 Å². The molecular formula is C19H25FN4O. The van der Waals surface area contributed by atoms with Crippen LogP contribution in [0.5, 0.6) is 0 Å². The highest BCUT2D eigenvalue weighted by Crippen LogP contribution is 2.32. The zero-order valence-corrected chi connectivity index (χ0v) is 14.7. The molecule has 1 atom stereocenters. The summed E-state index contributed by atoms with van der Waals surface area (Å²) in [6, 6.07) is 6.88. The monoisotopic (exact) mass is 344 g/mol. The molecule has 0 unspecified atom stereocenters. The van der Waals surface area contributed by atoms with E-state index in [1.54, 1.807) is 12.1 Å². The molecule has 1 spiro atoms. The van der Waals surface area contributed by atoms with Crippen LogP contribution < -0.4 is 4.90 Å². The molecule has 2 aliphatic rings. The minimum absolute atomic E-state index is 0.165. The first-order valence-corrected chi connectivity index (χ1v) is 8.96. The van der Waals surface area contributed by atoms with Gasteiger partial charge in [-0.15, -0.1) is 0 Å². The molecule has 0 aliphatic carbocycles. The van der Waals surface area contributed by atoms with Crippen molar-refractivity contribution in [1.82, 2.24) is 14.5 Å². The lowest BCUT2D eigenvalue weighted by Crippen LogP contribution is -2.59. The number of ether oxygens (including phenoxy) is 1. The number of aromatic nitrogens is 2. The van der Waals surface area contributed by atoms with Gasteiger partial charge in [-0.2, -0.15) is 0 Å². The number of piperidine rings is 1. The van der Waals surface area contributed by atoms with Crippen molar-refractivity contribution in [3.05, 3.63) is 48.3 Å². The second-order valence-corrected chi connectivity index (χ2v) is 7.24. The quantitative estimate of drug-likeness (QED) is 0.856. The molecule has 2 aliphatic heterocycles. The summed E-state index contributed by atoms with van der Waals surface area (Å²) < 4.78 is 21.9. The molecule has 6 heteroatoms. The highest BCUT2D eigenvalue weighted by Gasteiger charge is 2.40. The van der Waals surface area contributed by atoms with Gasteiger partial charge in [0.15, 0.2) is 0 Å². The van der Waals surface area contributed by atoms with Crippen LogP contribution in [-0.2, 0) is 18.3 Å². The molecule has 0 N–H and O–H groups in total. The SMILES string of the molecule is Cn1cncc1CN1CCO[C@@]2(CCCN(c3cccc(F)c3)C2)C1. The number of anilines is 1. The van der Waals surface area contributed by atoms with Crippen LogP contribution in [0.1, 0.15) is 18.5 Å². The van der Waals surface area contributed by atoms with E-state index in [0.29, 0.717) is 0 Å². The van der Waals surface area contributed by atoms with Crippen molar-refractivity contribution in [2.24, 2.45) is 7.05 Å². The van der Waals surface area contributed by atoms with E-state index in [2.05, 4.69) is 19.4 Å². The van der Waals surface area contributed by atoms with Gasteiger partial charge in [0.2, 0.25) is 0 Å². The minimum atomic E-state index is -0.181. The Hall–Kier alpha value is -1.92. The third-order valence-corrected chi connectivity index (χ3v) is 5.34. The number of halogens is 1. The summed E-state index contributed by atoms with van der Waals surface area (Å²) in [5, 5.41) is 0. The molecule has 4 rings (SSSR count). The molecule has 1 aromatic heterocycles. The molecule has 0 saturated carbocycles. The summed E-state index contributed by atoms with van der Waals surface area (Å²) in [7, 11) is 2.03. The number of imidazole rings is 1. The fraction of sp³-hybridized carbons (Fsp3) is 0.526. The zero-order chi connectivity index (χ0) is 17.3. The first-order valence-electron chi connectivity index (χ1n) is 8.96. The van der Waals surface area contributed by atoms with E-state index in [1.165, 1.54) is 11.8 Å². The van der Waals surface area contributed by atoms with Gasteiger partial charge in [-0.05, 0) is 31.0 Å². The lowest BCUT2D eigenvalue weighted by atomic mass is 9.90. The van der Waals surface area contributed by atoms with Crippen molar-refractivity contribution in [3.8, 4) is 0 Å². The number of aryl methyl sites for hydroxylation is 1. The van der Waals surface area contributed by atoms with Crippen LogP contribution in [0.4, 0.5) is 10.1 Å². The Balaban J connectivity index is 1.47. The highest BCUT2D eigenvalue weighted by atomic mass is 19.1. The van der Waals surface area contributed by atoms with Crippen LogP contribution in [0, 0.1) is 5.82 Å².